The average molecular weight is 356 g/mol. The highest BCUT2D eigenvalue weighted by Crippen LogP contribution is 2.30. The molecule has 2 aromatic carbocycles. The zero-order chi connectivity index (χ0) is 14.5. The molecule has 0 fully saturated rings. The van der Waals surface area contributed by atoms with Crippen molar-refractivity contribution in [1.82, 2.24) is 0 Å². The molecule has 0 spiro atoms. The van der Waals surface area contributed by atoms with Crippen molar-refractivity contribution in [1.29, 1.82) is 0 Å². The van der Waals surface area contributed by atoms with Gasteiger partial charge in [-0.25, -0.2) is 0 Å². The first-order chi connectivity index (χ1) is 9.60. The fourth-order valence-corrected chi connectivity index (χ4v) is 2.19. The van der Waals surface area contributed by atoms with Crippen molar-refractivity contribution in [2.24, 2.45) is 0 Å². The first-order valence-electron chi connectivity index (χ1n) is 6.34. The van der Waals surface area contributed by atoms with E-state index < -0.39 is 0 Å². The lowest BCUT2D eigenvalue weighted by atomic mass is 10.2. The summed E-state index contributed by atoms with van der Waals surface area (Å²) >= 11 is 9.38. The zero-order valence-electron chi connectivity index (χ0n) is 11.1. The van der Waals surface area contributed by atoms with Crippen molar-refractivity contribution in [3.8, 4) is 5.75 Å². The molecule has 2 rings (SSSR count). The molecule has 3 N–H and O–H groups in total. The molecule has 0 aliphatic carbocycles. The van der Waals surface area contributed by atoms with Crippen molar-refractivity contribution in [3.63, 3.8) is 0 Å². The van der Waals surface area contributed by atoms with Gasteiger partial charge in [-0.1, -0.05) is 18.5 Å². The van der Waals surface area contributed by atoms with Crippen LogP contribution in [0.15, 0.2) is 40.9 Å². The lowest BCUT2D eigenvalue weighted by Gasteiger charge is -2.12. The Bertz CT molecular complexity index is 604. The highest BCUT2D eigenvalue weighted by atomic mass is 79.9. The van der Waals surface area contributed by atoms with Crippen LogP contribution >= 0.6 is 27.5 Å². The van der Waals surface area contributed by atoms with E-state index in [4.69, 9.17) is 22.1 Å². The first-order valence-corrected chi connectivity index (χ1v) is 7.51. The van der Waals surface area contributed by atoms with Crippen LogP contribution in [-0.4, -0.2) is 6.61 Å². The molecule has 0 unspecified atom stereocenters. The topological polar surface area (TPSA) is 47.3 Å². The quantitative estimate of drug-likeness (QED) is 0.723. The molecule has 20 heavy (non-hydrogen) atoms. The Morgan fingerprint density at radius 3 is 2.60 bits per heavy atom. The van der Waals surface area contributed by atoms with E-state index in [1.165, 1.54) is 0 Å². The summed E-state index contributed by atoms with van der Waals surface area (Å²) in [6.07, 6.45) is 0.946. The minimum absolute atomic E-state index is 0.640. The van der Waals surface area contributed by atoms with E-state index in [1.807, 2.05) is 36.4 Å². The summed E-state index contributed by atoms with van der Waals surface area (Å²) in [6, 6.07) is 11.3. The number of ether oxygens (including phenoxy) is 1. The molecule has 0 bridgehead atoms. The fraction of sp³-hybridized carbons (Fsp3) is 0.200. The van der Waals surface area contributed by atoms with Gasteiger partial charge in [-0.15, -0.1) is 0 Å². The normalized spacial score (nSPS) is 10.3. The maximum Gasteiger partial charge on any atom is 0.144 e. The summed E-state index contributed by atoms with van der Waals surface area (Å²) in [5.74, 6) is 0.699. The molecular formula is C15H16BrClN2O. The van der Waals surface area contributed by atoms with Crippen LogP contribution < -0.4 is 15.8 Å². The van der Waals surface area contributed by atoms with Crippen LogP contribution in [0.1, 0.15) is 13.3 Å². The number of nitrogens with two attached hydrogens (primary N) is 1. The van der Waals surface area contributed by atoms with Gasteiger partial charge in [-0.05, 0) is 52.7 Å². The van der Waals surface area contributed by atoms with Gasteiger partial charge in [-0.3, -0.25) is 0 Å². The summed E-state index contributed by atoms with van der Waals surface area (Å²) < 4.78 is 6.46. The summed E-state index contributed by atoms with van der Waals surface area (Å²) in [6.45, 7) is 2.71. The molecule has 0 saturated heterocycles. The van der Waals surface area contributed by atoms with Gasteiger partial charge >= 0.3 is 0 Å². The average Bonchev–Trinajstić information content (AvgIpc) is 2.43. The molecule has 0 heterocycles. The van der Waals surface area contributed by atoms with Crippen LogP contribution in [-0.2, 0) is 0 Å². The number of rotatable bonds is 5. The van der Waals surface area contributed by atoms with E-state index in [0.717, 1.165) is 22.3 Å². The Kier molecular flexibility index (Phi) is 5.15. The molecule has 0 atom stereocenters. The molecule has 0 aliphatic rings. The van der Waals surface area contributed by atoms with Gasteiger partial charge in [0, 0.05) is 21.9 Å². The molecular weight excluding hydrogens is 340 g/mol. The van der Waals surface area contributed by atoms with E-state index in [1.54, 1.807) is 0 Å². The van der Waals surface area contributed by atoms with Gasteiger partial charge in [0.05, 0.1) is 17.3 Å². The van der Waals surface area contributed by atoms with E-state index in [0.29, 0.717) is 23.1 Å². The number of benzene rings is 2. The highest BCUT2D eigenvalue weighted by molar-refractivity contribution is 9.10. The Labute approximate surface area is 132 Å². The number of hydrogen-bond acceptors (Lipinski definition) is 3. The van der Waals surface area contributed by atoms with Gasteiger partial charge in [0.15, 0.2) is 0 Å². The molecule has 0 radical (unpaired) electrons. The Hall–Kier alpha value is -1.39. The van der Waals surface area contributed by atoms with E-state index in [9.17, 15) is 0 Å². The Balaban J connectivity index is 2.18. The lowest BCUT2D eigenvalue weighted by Crippen LogP contribution is -2.00. The third kappa shape index (κ3) is 3.81. The van der Waals surface area contributed by atoms with Gasteiger partial charge < -0.3 is 15.8 Å². The van der Waals surface area contributed by atoms with E-state index >= 15 is 0 Å². The zero-order valence-corrected chi connectivity index (χ0v) is 13.5. The number of hydrogen-bond donors (Lipinski definition) is 2. The SMILES string of the molecule is CCCOc1cc(Nc2ccc(Cl)c(Br)c2)ccc1N. The second-order valence-corrected chi connectivity index (χ2v) is 5.62. The van der Waals surface area contributed by atoms with Crippen molar-refractivity contribution in [2.45, 2.75) is 13.3 Å². The predicted molar refractivity (Wildman–Crippen MR) is 89.1 cm³/mol. The van der Waals surface area contributed by atoms with Crippen molar-refractivity contribution >= 4 is 44.6 Å². The van der Waals surface area contributed by atoms with Crippen LogP contribution in [0.3, 0.4) is 0 Å². The number of anilines is 3. The van der Waals surface area contributed by atoms with Crippen LogP contribution in [0.25, 0.3) is 0 Å². The maximum absolute atomic E-state index is 5.98. The third-order valence-corrected chi connectivity index (χ3v) is 3.90. The summed E-state index contributed by atoms with van der Waals surface area (Å²) in [4.78, 5) is 0. The number of nitrogen functional groups attached to an aromatic ring is 1. The van der Waals surface area contributed by atoms with Crippen LogP contribution in [0.2, 0.25) is 5.02 Å². The standard InChI is InChI=1S/C15H16BrClN2O/c1-2-7-20-15-9-11(4-6-14(15)18)19-10-3-5-13(17)12(16)8-10/h3-6,8-9,19H,2,7,18H2,1H3. The van der Waals surface area contributed by atoms with Crippen LogP contribution in [0.4, 0.5) is 17.1 Å². The van der Waals surface area contributed by atoms with Crippen LogP contribution in [0, 0.1) is 0 Å². The molecule has 0 aliphatic heterocycles. The summed E-state index contributed by atoms with van der Waals surface area (Å²) in [7, 11) is 0. The van der Waals surface area contributed by atoms with E-state index in [-0.39, 0.29) is 0 Å². The van der Waals surface area contributed by atoms with Gasteiger partial charge in [0.1, 0.15) is 5.75 Å². The molecule has 106 valence electrons. The van der Waals surface area contributed by atoms with Gasteiger partial charge in [0.2, 0.25) is 0 Å². The van der Waals surface area contributed by atoms with Crippen LogP contribution in [0.5, 0.6) is 5.75 Å². The molecule has 3 nitrogen and oxygen atoms in total. The first kappa shape index (κ1) is 15.0. The smallest absolute Gasteiger partial charge is 0.144 e. The minimum Gasteiger partial charge on any atom is -0.491 e. The summed E-state index contributed by atoms with van der Waals surface area (Å²) in [5.41, 5.74) is 8.38. The van der Waals surface area contributed by atoms with Crippen molar-refractivity contribution in [2.75, 3.05) is 17.7 Å². The molecule has 0 saturated carbocycles. The predicted octanol–water partition coefficient (Wildman–Crippen LogP) is 5.22. The van der Waals surface area contributed by atoms with Crippen molar-refractivity contribution < 1.29 is 4.74 Å². The second kappa shape index (κ2) is 6.86. The Morgan fingerprint density at radius 1 is 1.20 bits per heavy atom. The molecule has 5 heteroatoms. The molecule has 2 aromatic rings. The van der Waals surface area contributed by atoms with Crippen molar-refractivity contribution in [3.05, 3.63) is 45.9 Å². The Morgan fingerprint density at radius 2 is 1.90 bits per heavy atom. The van der Waals surface area contributed by atoms with E-state index in [2.05, 4.69) is 28.2 Å². The second-order valence-electron chi connectivity index (χ2n) is 4.35. The monoisotopic (exact) mass is 354 g/mol. The summed E-state index contributed by atoms with van der Waals surface area (Å²) in [5, 5.41) is 3.97. The molecule has 0 amide bonds. The lowest BCUT2D eigenvalue weighted by molar-refractivity contribution is 0.319. The maximum atomic E-state index is 5.98. The van der Waals surface area contributed by atoms with Gasteiger partial charge in [-0.2, -0.15) is 0 Å². The number of halogens is 2. The molecule has 0 aromatic heterocycles. The van der Waals surface area contributed by atoms with Gasteiger partial charge in [0.25, 0.3) is 0 Å². The minimum atomic E-state index is 0.640. The number of nitrogens with one attached hydrogen (secondary N) is 1. The largest absolute Gasteiger partial charge is 0.491 e. The highest BCUT2D eigenvalue weighted by Gasteiger charge is 2.04. The third-order valence-electron chi connectivity index (χ3n) is 2.68. The fourth-order valence-electron chi connectivity index (χ4n) is 1.69.